The molecule has 2 aromatic rings. The number of benzene rings is 2. The summed E-state index contributed by atoms with van der Waals surface area (Å²) < 4.78 is 19.2. The van der Waals surface area contributed by atoms with E-state index in [1.807, 2.05) is 0 Å². The third kappa shape index (κ3) is 3.18. The van der Waals surface area contributed by atoms with Crippen molar-refractivity contribution < 1.29 is 14.2 Å². The largest absolute Gasteiger partial charge is 0.455 e. The molecule has 0 radical (unpaired) electrons. The van der Waals surface area contributed by atoms with Gasteiger partial charge in [-0.1, -0.05) is 29.3 Å². The number of halogens is 3. The van der Waals surface area contributed by atoms with Crippen LogP contribution in [0.25, 0.3) is 0 Å². The Bertz CT molecular complexity index is 600. The molecule has 0 saturated carbocycles. The molecule has 5 heteroatoms. The topological polar surface area (TPSA) is 29.5 Å². The summed E-state index contributed by atoms with van der Waals surface area (Å²) in [5, 5.41) is 10.4. The first kappa shape index (κ1) is 14.1. The van der Waals surface area contributed by atoms with E-state index < -0.39 is 11.9 Å². The van der Waals surface area contributed by atoms with Gasteiger partial charge in [-0.2, -0.15) is 0 Å². The minimum absolute atomic E-state index is 0.0912. The van der Waals surface area contributed by atoms with Gasteiger partial charge in [-0.15, -0.1) is 0 Å². The Labute approximate surface area is 120 Å². The first-order valence-corrected chi connectivity index (χ1v) is 6.34. The second kappa shape index (κ2) is 5.78. The van der Waals surface area contributed by atoms with Gasteiger partial charge in [0, 0.05) is 5.02 Å². The van der Waals surface area contributed by atoms with Crippen molar-refractivity contribution in [2.75, 3.05) is 0 Å². The smallest absolute Gasteiger partial charge is 0.146 e. The van der Waals surface area contributed by atoms with E-state index in [9.17, 15) is 9.50 Å². The maximum absolute atomic E-state index is 13.7. The van der Waals surface area contributed by atoms with Gasteiger partial charge in [0.05, 0.1) is 16.7 Å². The highest BCUT2D eigenvalue weighted by Gasteiger charge is 2.16. The van der Waals surface area contributed by atoms with Gasteiger partial charge in [-0.05, 0) is 37.3 Å². The highest BCUT2D eigenvalue weighted by molar-refractivity contribution is 6.35. The van der Waals surface area contributed by atoms with Gasteiger partial charge in [0.2, 0.25) is 0 Å². The molecule has 0 aliphatic heterocycles. The molecule has 2 aromatic carbocycles. The number of hydrogen-bond acceptors (Lipinski definition) is 2. The zero-order valence-electron chi connectivity index (χ0n) is 10.0. The van der Waals surface area contributed by atoms with Gasteiger partial charge in [-0.25, -0.2) is 4.39 Å². The summed E-state index contributed by atoms with van der Waals surface area (Å²) in [4.78, 5) is 0. The molecule has 2 nitrogen and oxygen atoms in total. The maximum atomic E-state index is 13.7. The van der Waals surface area contributed by atoms with E-state index in [1.165, 1.54) is 25.1 Å². The Balaban J connectivity index is 2.41. The monoisotopic (exact) mass is 300 g/mol. The lowest BCUT2D eigenvalue weighted by atomic mass is 10.1. The van der Waals surface area contributed by atoms with Crippen LogP contribution in [0.4, 0.5) is 4.39 Å². The molecule has 0 aromatic heterocycles. The zero-order chi connectivity index (χ0) is 14.0. The molecule has 100 valence electrons. The molecule has 0 heterocycles. The van der Waals surface area contributed by atoms with Crippen molar-refractivity contribution in [3.63, 3.8) is 0 Å². The fourth-order valence-corrected chi connectivity index (χ4v) is 2.14. The molecule has 0 bridgehead atoms. The van der Waals surface area contributed by atoms with Gasteiger partial charge < -0.3 is 9.84 Å². The Morgan fingerprint density at radius 3 is 2.53 bits per heavy atom. The number of rotatable bonds is 3. The average Bonchev–Trinajstić information content (AvgIpc) is 2.32. The summed E-state index contributed by atoms with van der Waals surface area (Å²) >= 11 is 11.8. The maximum Gasteiger partial charge on any atom is 0.146 e. The summed E-state index contributed by atoms with van der Waals surface area (Å²) in [5.41, 5.74) is 0.0912. The molecule has 2 rings (SSSR count). The van der Waals surface area contributed by atoms with Crippen LogP contribution in [-0.2, 0) is 0 Å². The van der Waals surface area contributed by atoms with Crippen LogP contribution in [0.2, 0.25) is 10.0 Å². The lowest BCUT2D eigenvalue weighted by Gasteiger charge is -2.14. The van der Waals surface area contributed by atoms with Crippen LogP contribution in [-0.4, -0.2) is 5.11 Å². The molecule has 0 spiro atoms. The summed E-state index contributed by atoms with van der Waals surface area (Å²) in [7, 11) is 0. The van der Waals surface area contributed by atoms with E-state index in [0.717, 1.165) is 0 Å². The predicted molar refractivity (Wildman–Crippen MR) is 73.6 cm³/mol. The number of hydrogen-bond donors (Lipinski definition) is 1. The van der Waals surface area contributed by atoms with E-state index in [4.69, 9.17) is 27.9 Å². The van der Waals surface area contributed by atoms with Crippen molar-refractivity contribution >= 4 is 23.2 Å². The van der Waals surface area contributed by atoms with Crippen LogP contribution in [0.3, 0.4) is 0 Å². The molecule has 19 heavy (non-hydrogen) atoms. The third-order valence-corrected chi connectivity index (χ3v) is 3.07. The lowest BCUT2D eigenvalue weighted by Crippen LogP contribution is -2.00. The van der Waals surface area contributed by atoms with Gasteiger partial charge in [0.25, 0.3) is 0 Å². The molecule has 0 amide bonds. The van der Waals surface area contributed by atoms with Crippen molar-refractivity contribution in [1.82, 2.24) is 0 Å². The summed E-state index contributed by atoms with van der Waals surface area (Å²) in [6, 6.07) is 9.06. The zero-order valence-corrected chi connectivity index (χ0v) is 11.5. The van der Waals surface area contributed by atoms with Crippen LogP contribution in [0, 0.1) is 5.82 Å². The van der Waals surface area contributed by atoms with E-state index in [0.29, 0.717) is 15.8 Å². The second-order valence-corrected chi connectivity index (χ2v) is 4.85. The van der Waals surface area contributed by atoms with Gasteiger partial charge in [0.1, 0.15) is 17.3 Å². The van der Waals surface area contributed by atoms with Crippen LogP contribution in [0.5, 0.6) is 11.5 Å². The normalized spacial score (nSPS) is 12.3. The molecule has 1 atom stereocenters. The van der Waals surface area contributed by atoms with Crippen LogP contribution in [0.1, 0.15) is 18.6 Å². The van der Waals surface area contributed by atoms with Gasteiger partial charge in [0.15, 0.2) is 0 Å². The molecule has 0 fully saturated rings. The molecule has 1 unspecified atom stereocenters. The van der Waals surface area contributed by atoms with Crippen molar-refractivity contribution in [2.24, 2.45) is 0 Å². The summed E-state index contributed by atoms with van der Waals surface area (Å²) in [6.45, 7) is 1.47. The van der Waals surface area contributed by atoms with E-state index in [2.05, 4.69) is 0 Å². The Morgan fingerprint density at radius 1 is 1.16 bits per heavy atom. The highest BCUT2D eigenvalue weighted by atomic mass is 35.5. The molecular weight excluding hydrogens is 290 g/mol. The number of aliphatic hydroxyl groups excluding tert-OH is 1. The Kier molecular flexibility index (Phi) is 4.30. The first-order chi connectivity index (χ1) is 8.99. The van der Waals surface area contributed by atoms with Crippen LogP contribution < -0.4 is 4.74 Å². The average molecular weight is 301 g/mol. The first-order valence-electron chi connectivity index (χ1n) is 5.58. The van der Waals surface area contributed by atoms with Crippen molar-refractivity contribution in [2.45, 2.75) is 13.0 Å². The Morgan fingerprint density at radius 2 is 1.89 bits per heavy atom. The quantitative estimate of drug-likeness (QED) is 0.866. The molecule has 1 N–H and O–H groups in total. The van der Waals surface area contributed by atoms with Crippen molar-refractivity contribution in [3.8, 4) is 11.5 Å². The minimum Gasteiger partial charge on any atom is -0.455 e. The summed E-state index contributed by atoms with van der Waals surface area (Å²) in [6.07, 6.45) is -0.984. The Hall–Kier alpha value is -1.29. The van der Waals surface area contributed by atoms with Crippen LogP contribution in [0.15, 0.2) is 36.4 Å². The van der Waals surface area contributed by atoms with E-state index >= 15 is 0 Å². The third-order valence-electron chi connectivity index (χ3n) is 2.54. The minimum atomic E-state index is -0.984. The van der Waals surface area contributed by atoms with Crippen LogP contribution >= 0.6 is 23.2 Å². The molecule has 0 aliphatic carbocycles. The van der Waals surface area contributed by atoms with Gasteiger partial charge in [-0.3, -0.25) is 0 Å². The number of ether oxygens (including phenoxy) is 1. The molecular formula is C14H11Cl2FO2. The van der Waals surface area contributed by atoms with E-state index in [-0.39, 0.29) is 11.3 Å². The molecule has 0 aliphatic rings. The highest BCUT2D eigenvalue weighted by Crippen LogP contribution is 2.35. The van der Waals surface area contributed by atoms with Crippen molar-refractivity contribution in [1.29, 1.82) is 0 Å². The standard InChI is InChI=1S/C14H11Cl2FO2/c1-8(18)14-11(17)3-2-4-13(14)19-12-6-5-9(15)7-10(12)16/h2-8,18H,1H3. The predicted octanol–water partition coefficient (Wildman–Crippen LogP) is 4.98. The SMILES string of the molecule is CC(O)c1c(F)cccc1Oc1ccc(Cl)cc1Cl. The van der Waals surface area contributed by atoms with Gasteiger partial charge >= 0.3 is 0 Å². The molecule has 0 saturated heterocycles. The second-order valence-electron chi connectivity index (χ2n) is 4.00. The van der Waals surface area contributed by atoms with E-state index in [1.54, 1.807) is 18.2 Å². The fraction of sp³-hybridized carbons (Fsp3) is 0.143. The lowest BCUT2D eigenvalue weighted by molar-refractivity contribution is 0.190. The fourth-order valence-electron chi connectivity index (χ4n) is 1.69. The van der Waals surface area contributed by atoms with Crippen molar-refractivity contribution in [3.05, 3.63) is 57.8 Å². The summed E-state index contributed by atoms with van der Waals surface area (Å²) in [5.74, 6) is 0.0374. The number of aliphatic hydroxyl groups is 1.